The number of thiophene rings is 1. The fourth-order valence-corrected chi connectivity index (χ4v) is 2.54. The summed E-state index contributed by atoms with van der Waals surface area (Å²) in [6.45, 7) is 6.41. The Hall–Kier alpha value is -0.420. The lowest BCUT2D eigenvalue weighted by Crippen LogP contribution is -2.19. The summed E-state index contributed by atoms with van der Waals surface area (Å²) in [6, 6.07) is 2.21. The van der Waals surface area contributed by atoms with Crippen molar-refractivity contribution in [1.82, 2.24) is 5.32 Å². The van der Waals surface area contributed by atoms with E-state index in [1.807, 2.05) is 11.3 Å². The van der Waals surface area contributed by atoms with Crippen LogP contribution in [0.4, 0.5) is 0 Å². The molecule has 17 heavy (non-hydrogen) atoms. The number of aryl methyl sites for hydroxylation is 1. The second kappa shape index (κ2) is 9.59. The molecule has 1 heterocycles. The molecular weight excluding hydrogens is 234 g/mol. The Morgan fingerprint density at radius 1 is 1.29 bits per heavy atom. The molecule has 0 aliphatic heterocycles. The van der Waals surface area contributed by atoms with E-state index in [1.165, 1.54) is 10.4 Å². The van der Waals surface area contributed by atoms with E-state index in [0.29, 0.717) is 0 Å². The maximum Gasteiger partial charge on any atom is 0.0591 e. The molecule has 0 unspecified atom stereocenters. The Kier molecular flexibility index (Phi) is 8.26. The van der Waals surface area contributed by atoms with Crippen molar-refractivity contribution in [3.05, 3.63) is 21.9 Å². The molecule has 1 aromatic rings. The standard InChI is InChI=1S/C13H23NO2S/c1-3-12-5-10-17-13(12)11-14-6-9-16-8-4-7-15-2/h5,10,14H,3-4,6-9,11H2,1-2H3. The van der Waals surface area contributed by atoms with Crippen LogP contribution < -0.4 is 5.32 Å². The summed E-state index contributed by atoms with van der Waals surface area (Å²) in [7, 11) is 1.72. The van der Waals surface area contributed by atoms with Gasteiger partial charge in [0.1, 0.15) is 0 Å². The molecular formula is C13H23NO2S. The van der Waals surface area contributed by atoms with E-state index in [1.54, 1.807) is 7.11 Å². The molecule has 0 aliphatic carbocycles. The first-order valence-electron chi connectivity index (χ1n) is 6.21. The van der Waals surface area contributed by atoms with Gasteiger partial charge in [0.15, 0.2) is 0 Å². The van der Waals surface area contributed by atoms with E-state index in [9.17, 15) is 0 Å². The summed E-state index contributed by atoms with van der Waals surface area (Å²) >= 11 is 1.83. The second-order valence-corrected chi connectivity index (χ2v) is 4.86. The van der Waals surface area contributed by atoms with Gasteiger partial charge in [0.2, 0.25) is 0 Å². The van der Waals surface area contributed by atoms with Crippen molar-refractivity contribution in [2.45, 2.75) is 26.3 Å². The minimum Gasteiger partial charge on any atom is -0.385 e. The summed E-state index contributed by atoms with van der Waals surface area (Å²) in [5.74, 6) is 0. The molecule has 1 N–H and O–H groups in total. The fourth-order valence-electron chi connectivity index (χ4n) is 1.59. The van der Waals surface area contributed by atoms with Crippen molar-refractivity contribution in [3.8, 4) is 0 Å². The van der Waals surface area contributed by atoms with Crippen LogP contribution in [0.5, 0.6) is 0 Å². The predicted octanol–water partition coefficient (Wildman–Crippen LogP) is 2.45. The van der Waals surface area contributed by atoms with Gasteiger partial charge in [-0.1, -0.05) is 6.92 Å². The average Bonchev–Trinajstić information content (AvgIpc) is 2.80. The summed E-state index contributed by atoms with van der Waals surface area (Å²) in [5.41, 5.74) is 1.46. The molecule has 0 radical (unpaired) electrons. The van der Waals surface area contributed by atoms with Gasteiger partial charge < -0.3 is 14.8 Å². The quantitative estimate of drug-likeness (QED) is 0.653. The molecule has 0 fully saturated rings. The molecule has 0 atom stereocenters. The SMILES string of the molecule is CCc1ccsc1CNCCOCCCOC. The van der Waals surface area contributed by atoms with Crippen molar-refractivity contribution in [2.75, 3.05) is 33.5 Å². The highest BCUT2D eigenvalue weighted by atomic mass is 32.1. The van der Waals surface area contributed by atoms with E-state index >= 15 is 0 Å². The smallest absolute Gasteiger partial charge is 0.0591 e. The van der Waals surface area contributed by atoms with Crippen molar-refractivity contribution in [1.29, 1.82) is 0 Å². The predicted molar refractivity (Wildman–Crippen MR) is 72.7 cm³/mol. The first-order chi connectivity index (χ1) is 8.38. The van der Waals surface area contributed by atoms with Crippen LogP contribution in [0.3, 0.4) is 0 Å². The topological polar surface area (TPSA) is 30.5 Å². The van der Waals surface area contributed by atoms with Gasteiger partial charge in [-0.3, -0.25) is 0 Å². The van der Waals surface area contributed by atoms with Crippen LogP contribution in [0.2, 0.25) is 0 Å². The minimum atomic E-state index is 0.774. The Bertz CT molecular complexity index is 289. The van der Waals surface area contributed by atoms with E-state index < -0.39 is 0 Å². The second-order valence-electron chi connectivity index (χ2n) is 3.86. The highest BCUT2D eigenvalue weighted by molar-refractivity contribution is 7.10. The highest BCUT2D eigenvalue weighted by Crippen LogP contribution is 2.16. The zero-order valence-corrected chi connectivity index (χ0v) is 11.6. The molecule has 0 spiro atoms. The minimum absolute atomic E-state index is 0.774. The molecule has 0 aliphatic rings. The first kappa shape index (κ1) is 14.6. The third-order valence-corrected chi connectivity index (χ3v) is 3.53. The van der Waals surface area contributed by atoms with E-state index in [0.717, 1.165) is 45.8 Å². The number of methoxy groups -OCH3 is 1. The van der Waals surface area contributed by atoms with Gasteiger partial charge in [-0.05, 0) is 29.9 Å². The van der Waals surface area contributed by atoms with Gasteiger partial charge in [0.05, 0.1) is 6.61 Å². The molecule has 0 amide bonds. The van der Waals surface area contributed by atoms with Crippen LogP contribution in [0.25, 0.3) is 0 Å². The molecule has 0 bridgehead atoms. The maximum atomic E-state index is 5.47. The van der Waals surface area contributed by atoms with Crippen molar-refractivity contribution < 1.29 is 9.47 Å². The largest absolute Gasteiger partial charge is 0.385 e. The Morgan fingerprint density at radius 3 is 2.94 bits per heavy atom. The van der Waals surface area contributed by atoms with Gasteiger partial charge in [-0.25, -0.2) is 0 Å². The molecule has 3 nitrogen and oxygen atoms in total. The Morgan fingerprint density at radius 2 is 2.18 bits per heavy atom. The number of rotatable bonds is 10. The normalized spacial score (nSPS) is 10.9. The average molecular weight is 257 g/mol. The molecule has 0 aromatic carbocycles. The third-order valence-electron chi connectivity index (χ3n) is 2.56. The van der Waals surface area contributed by atoms with Gasteiger partial charge in [-0.15, -0.1) is 11.3 Å². The lowest BCUT2D eigenvalue weighted by atomic mass is 10.2. The third kappa shape index (κ3) is 6.17. The van der Waals surface area contributed by atoms with Crippen molar-refractivity contribution in [2.24, 2.45) is 0 Å². The van der Waals surface area contributed by atoms with Crippen LogP contribution in [0.15, 0.2) is 11.4 Å². The zero-order chi connectivity index (χ0) is 12.3. The number of hydrogen-bond acceptors (Lipinski definition) is 4. The van der Waals surface area contributed by atoms with Gasteiger partial charge in [-0.2, -0.15) is 0 Å². The summed E-state index contributed by atoms with van der Waals surface area (Å²) in [6.07, 6.45) is 2.09. The lowest BCUT2D eigenvalue weighted by molar-refractivity contribution is 0.104. The van der Waals surface area contributed by atoms with Gasteiger partial charge in [0.25, 0.3) is 0 Å². The number of ether oxygens (including phenoxy) is 2. The van der Waals surface area contributed by atoms with Crippen LogP contribution in [0, 0.1) is 0 Å². The zero-order valence-electron chi connectivity index (χ0n) is 10.8. The van der Waals surface area contributed by atoms with Crippen LogP contribution in [0.1, 0.15) is 23.8 Å². The summed E-state index contributed by atoms with van der Waals surface area (Å²) in [4.78, 5) is 1.45. The molecule has 4 heteroatoms. The molecule has 1 aromatic heterocycles. The van der Waals surface area contributed by atoms with Crippen LogP contribution >= 0.6 is 11.3 Å². The maximum absolute atomic E-state index is 5.47. The number of nitrogens with one attached hydrogen (secondary N) is 1. The van der Waals surface area contributed by atoms with E-state index in [2.05, 4.69) is 23.7 Å². The molecule has 98 valence electrons. The van der Waals surface area contributed by atoms with Crippen molar-refractivity contribution in [3.63, 3.8) is 0 Å². The number of hydrogen-bond donors (Lipinski definition) is 1. The highest BCUT2D eigenvalue weighted by Gasteiger charge is 2.00. The van der Waals surface area contributed by atoms with Crippen LogP contribution in [-0.2, 0) is 22.4 Å². The van der Waals surface area contributed by atoms with E-state index in [-0.39, 0.29) is 0 Å². The summed E-state index contributed by atoms with van der Waals surface area (Å²) in [5, 5.41) is 5.57. The van der Waals surface area contributed by atoms with Gasteiger partial charge >= 0.3 is 0 Å². The Labute approximate surface area is 108 Å². The Balaban J connectivity index is 1.97. The molecule has 0 saturated heterocycles. The van der Waals surface area contributed by atoms with Crippen LogP contribution in [-0.4, -0.2) is 33.5 Å². The first-order valence-corrected chi connectivity index (χ1v) is 7.09. The van der Waals surface area contributed by atoms with Gasteiger partial charge in [0, 0.05) is 38.3 Å². The lowest BCUT2D eigenvalue weighted by Gasteiger charge is -2.06. The van der Waals surface area contributed by atoms with Crippen molar-refractivity contribution >= 4 is 11.3 Å². The summed E-state index contributed by atoms with van der Waals surface area (Å²) < 4.78 is 10.4. The monoisotopic (exact) mass is 257 g/mol. The van der Waals surface area contributed by atoms with E-state index in [4.69, 9.17) is 9.47 Å². The fraction of sp³-hybridized carbons (Fsp3) is 0.692. The molecule has 1 rings (SSSR count). The molecule has 0 saturated carbocycles.